The number of benzene rings is 2. The van der Waals surface area contributed by atoms with Crippen LogP contribution in [0.1, 0.15) is 44.4 Å². The van der Waals surface area contributed by atoms with E-state index in [1.165, 1.54) is 6.92 Å². The van der Waals surface area contributed by atoms with Crippen LogP contribution in [0.5, 0.6) is 11.5 Å². The lowest BCUT2D eigenvalue weighted by Crippen LogP contribution is -2.02. The summed E-state index contributed by atoms with van der Waals surface area (Å²) in [6, 6.07) is 14.9. The van der Waals surface area contributed by atoms with E-state index in [1.807, 2.05) is 24.3 Å². The van der Waals surface area contributed by atoms with Gasteiger partial charge in [-0.05, 0) is 36.8 Å². The van der Waals surface area contributed by atoms with Gasteiger partial charge in [-0.3, -0.25) is 4.79 Å². The molecule has 0 saturated carbocycles. The summed E-state index contributed by atoms with van der Waals surface area (Å²) >= 11 is 0. The molecule has 2 aromatic carbocycles. The molecule has 0 radical (unpaired) electrons. The van der Waals surface area contributed by atoms with Crippen molar-refractivity contribution in [3.63, 3.8) is 0 Å². The molecule has 3 aromatic rings. The topological polar surface area (TPSA) is 70.3 Å². The zero-order valence-corrected chi connectivity index (χ0v) is 17.4. The third kappa shape index (κ3) is 6.11. The molecule has 3 rings (SSSR count). The number of para-hydroxylation sites is 1. The minimum Gasteiger partial charge on any atom is -0.493 e. The molecule has 0 amide bonds. The lowest BCUT2D eigenvalue weighted by Gasteiger charge is -2.06. The maximum atomic E-state index is 10.9. The summed E-state index contributed by atoms with van der Waals surface area (Å²) in [4.78, 5) is 16.3. The summed E-state index contributed by atoms with van der Waals surface area (Å²) in [6.45, 7) is 4.48. The third-order valence-electron chi connectivity index (χ3n) is 4.46. The number of unbranched alkanes of at least 4 members (excludes halogenated alkanes) is 1. The monoisotopic (exact) mass is 409 g/mol. The molecule has 0 N–H and O–H groups in total. The molecule has 1 heterocycles. The zero-order chi connectivity index (χ0) is 21.2. The lowest BCUT2D eigenvalue weighted by atomic mass is 10.1. The molecule has 1 aromatic heterocycles. The van der Waals surface area contributed by atoms with Crippen molar-refractivity contribution in [1.82, 2.24) is 0 Å². The van der Waals surface area contributed by atoms with Crippen LogP contribution in [-0.4, -0.2) is 25.4 Å². The number of nitrogens with zero attached hydrogens (tertiary/aromatic N) is 1. The predicted molar refractivity (Wildman–Crippen MR) is 116 cm³/mol. The summed E-state index contributed by atoms with van der Waals surface area (Å²) in [7, 11) is 0. The smallest absolute Gasteiger partial charge is 0.308 e. The summed E-state index contributed by atoms with van der Waals surface area (Å²) in [5.74, 6) is 1.81. The highest BCUT2D eigenvalue weighted by Crippen LogP contribution is 2.26. The third-order valence-corrected chi connectivity index (χ3v) is 4.46. The van der Waals surface area contributed by atoms with Crippen molar-refractivity contribution in [2.75, 3.05) is 13.2 Å². The van der Waals surface area contributed by atoms with Gasteiger partial charge in [-0.2, -0.15) is 0 Å². The van der Waals surface area contributed by atoms with E-state index in [0.29, 0.717) is 31.1 Å². The van der Waals surface area contributed by atoms with E-state index < -0.39 is 0 Å². The minimum absolute atomic E-state index is 0.345. The number of aryl methyl sites for hydroxylation is 1. The zero-order valence-electron chi connectivity index (χ0n) is 17.4. The summed E-state index contributed by atoms with van der Waals surface area (Å²) in [5.41, 5.74) is 1.86. The average Bonchev–Trinajstić information content (AvgIpc) is 3.10. The van der Waals surface area contributed by atoms with E-state index in [9.17, 15) is 4.79 Å². The molecule has 0 atom stereocenters. The Morgan fingerprint density at radius 1 is 1.03 bits per heavy atom. The van der Waals surface area contributed by atoms with Gasteiger partial charge in [0.15, 0.2) is 0 Å². The molecule has 0 fully saturated rings. The number of rotatable bonds is 11. The van der Waals surface area contributed by atoms with Crippen molar-refractivity contribution < 1.29 is 23.5 Å². The second-order valence-electron chi connectivity index (χ2n) is 6.87. The molecule has 0 aliphatic carbocycles. The van der Waals surface area contributed by atoms with Gasteiger partial charge in [0.2, 0.25) is 0 Å². The largest absolute Gasteiger partial charge is 0.493 e. The molecule has 0 bridgehead atoms. The Kier molecular flexibility index (Phi) is 7.89. The van der Waals surface area contributed by atoms with Gasteiger partial charge in [-0.25, -0.2) is 0 Å². The van der Waals surface area contributed by atoms with Gasteiger partial charge in [-0.15, -0.1) is 0 Å². The molecular formula is C24H27NO5. The average molecular weight is 409 g/mol. The Morgan fingerprint density at radius 2 is 1.80 bits per heavy atom. The van der Waals surface area contributed by atoms with Gasteiger partial charge < -0.3 is 18.7 Å². The number of oxime groups is 1. The van der Waals surface area contributed by atoms with Gasteiger partial charge in [0.05, 0.1) is 12.8 Å². The maximum Gasteiger partial charge on any atom is 0.308 e. The first-order chi connectivity index (χ1) is 14.7. The molecule has 0 saturated heterocycles. The standard InChI is InChI=1S/C24H27NO5/c1-3-4-9-24-22(21-8-5-6-10-23(21)30-24)17-25-28-16-7-15-27-19-11-13-20(14-12-19)29-18(2)26/h5-6,8,10-14,17H,3-4,7,9,15-16H2,1-2H3/b25-17+. The fourth-order valence-corrected chi connectivity index (χ4v) is 3.01. The Hall–Kier alpha value is -3.28. The van der Waals surface area contributed by atoms with Crippen molar-refractivity contribution in [3.05, 3.63) is 59.9 Å². The molecule has 158 valence electrons. The van der Waals surface area contributed by atoms with E-state index in [2.05, 4.69) is 12.1 Å². The highest BCUT2D eigenvalue weighted by molar-refractivity contribution is 5.99. The first kappa shape index (κ1) is 21.4. The van der Waals surface area contributed by atoms with Gasteiger partial charge in [-0.1, -0.05) is 36.7 Å². The van der Waals surface area contributed by atoms with Crippen LogP contribution in [0.4, 0.5) is 0 Å². The lowest BCUT2D eigenvalue weighted by molar-refractivity contribution is -0.131. The van der Waals surface area contributed by atoms with Crippen LogP contribution >= 0.6 is 0 Å². The van der Waals surface area contributed by atoms with Gasteiger partial charge in [0, 0.05) is 30.7 Å². The fraction of sp³-hybridized carbons (Fsp3) is 0.333. The van der Waals surface area contributed by atoms with Gasteiger partial charge >= 0.3 is 5.97 Å². The Morgan fingerprint density at radius 3 is 2.57 bits per heavy atom. The number of hydrogen-bond acceptors (Lipinski definition) is 6. The van der Waals surface area contributed by atoms with E-state index in [1.54, 1.807) is 30.5 Å². The van der Waals surface area contributed by atoms with E-state index >= 15 is 0 Å². The van der Waals surface area contributed by atoms with Crippen molar-refractivity contribution in [2.45, 2.75) is 39.5 Å². The van der Waals surface area contributed by atoms with Crippen LogP contribution in [0.25, 0.3) is 11.0 Å². The summed E-state index contributed by atoms with van der Waals surface area (Å²) in [5, 5.41) is 5.18. The summed E-state index contributed by atoms with van der Waals surface area (Å²) in [6.07, 6.45) is 5.50. The van der Waals surface area contributed by atoms with Crippen LogP contribution in [-0.2, 0) is 16.1 Å². The predicted octanol–water partition coefficient (Wildman–Crippen LogP) is 5.52. The number of furan rings is 1. The first-order valence-electron chi connectivity index (χ1n) is 10.2. The first-order valence-corrected chi connectivity index (χ1v) is 10.2. The van der Waals surface area contributed by atoms with E-state index in [-0.39, 0.29) is 5.97 Å². The Balaban J connectivity index is 1.45. The van der Waals surface area contributed by atoms with Gasteiger partial charge in [0.1, 0.15) is 29.4 Å². The quantitative estimate of drug-likeness (QED) is 0.137. The number of carbonyl (C=O) groups excluding carboxylic acids is 1. The number of ether oxygens (including phenoxy) is 2. The molecule has 0 aliphatic heterocycles. The van der Waals surface area contributed by atoms with Crippen LogP contribution < -0.4 is 9.47 Å². The molecule has 0 unspecified atom stereocenters. The molecule has 0 aliphatic rings. The Labute approximate surface area is 176 Å². The van der Waals surface area contributed by atoms with Crippen LogP contribution in [0, 0.1) is 0 Å². The fourth-order valence-electron chi connectivity index (χ4n) is 3.01. The molecular weight excluding hydrogens is 382 g/mol. The van der Waals surface area contributed by atoms with Gasteiger partial charge in [0.25, 0.3) is 0 Å². The molecule has 6 nitrogen and oxygen atoms in total. The van der Waals surface area contributed by atoms with E-state index in [0.717, 1.165) is 41.6 Å². The normalized spacial score (nSPS) is 11.1. The van der Waals surface area contributed by atoms with Crippen LogP contribution in [0.2, 0.25) is 0 Å². The summed E-state index contributed by atoms with van der Waals surface area (Å²) < 4.78 is 16.6. The number of carbonyl (C=O) groups is 1. The molecule has 6 heteroatoms. The number of hydrogen-bond donors (Lipinski definition) is 0. The van der Waals surface area contributed by atoms with Crippen LogP contribution in [0.3, 0.4) is 0 Å². The van der Waals surface area contributed by atoms with Crippen molar-refractivity contribution in [3.8, 4) is 11.5 Å². The van der Waals surface area contributed by atoms with Crippen LogP contribution in [0.15, 0.2) is 58.1 Å². The minimum atomic E-state index is -0.345. The van der Waals surface area contributed by atoms with Crippen molar-refractivity contribution in [2.24, 2.45) is 5.16 Å². The Bertz CT molecular complexity index is 975. The van der Waals surface area contributed by atoms with Crippen molar-refractivity contribution in [1.29, 1.82) is 0 Å². The SMILES string of the molecule is CCCCc1oc2ccccc2c1/C=N/OCCCOc1ccc(OC(C)=O)cc1. The number of fused-ring (bicyclic) bond motifs is 1. The van der Waals surface area contributed by atoms with E-state index in [4.69, 9.17) is 18.7 Å². The highest BCUT2D eigenvalue weighted by Gasteiger charge is 2.11. The highest BCUT2D eigenvalue weighted by atomic mass is 16.6. The second-order valence-corrected chi connectivity index (χ2v) is 6.87. The second kappa shape index (κ2) is 11.0. The molecule has 30 heavy (non-hydrogen) atoms. The maximum absolute atomic E-state index is 10.9. The molecule has 0 spiro atoms. The number of esters is 1. The van der Waals surface area contributed by atoms with Crippen molar-refractivity contribution >= 4 is 23.2 Å².